The number of rotatable bonds is 6. The summed E-state index contributed by atoms with van der Waals surface area (Å²) in [6, 6.07) is 9.81. The minimum atomic E-state index is -0.0583. The molecule has 3 aromatic rings. The molecule has 2 aromatic heterocycles. The van der Waals surface area contributed by atoms with Crippen LogP contribution < -0.4 is 5.32 Å². The van der Waals surface area contributed by atoms with E-state index in [0.717, 1.165) is 17.1 Å². The summed E-state index contributed by atoms with van der Waals surface area (Å²) in [5.74, 6) is 0.727. The number of benzene rings is 1. The van der Waals surface area contributed by atoms with Crippen LogP contribution in [0.4, 0.5) is 0 Å². The van der Waals surface area contributed by atoms with Crippen LogP contribution in [0.2, 0.25) is 0 Å². The highest BCUT2D eigenvalue weighted by atomic mass is 16.1. The van der Waals surface area contributed by atoms with E-state index in [1.807, 2.05) is 54.2 Å². The Labute approximate surface area is 134 Å². The predicted molar refractivity (Wildman–Crippen MR) is 85.4 cm³/mol. The summed E-state index contributed by atoms with van der Waals surface area (Å²) in [6.07, 6.45) is 5.35. The second kappa shape index (κ2) is 6.87. The standard InChI is InChI=1S/C16H18N6O/c1-13-11-22(20-19-13)10-8-17-15(23)12-21-9-7-18-16(21)14-5-3-2-4-6-14/h2-7,9,11H,8,10,12H2,1H3,(H,17,23). The third kappa shape index (κ3) is 3.82. The van der Waals surface area contributed by atoms with E-state index in [2.05, 4.69) is 20.6 Å². The van der Waals surface area contributed by atoms with Crippen molar-refractivity contribution < 1.29 is 4.79 Å². The van der Waals surface area contributed by atoms with Gasteiger partial charge in [0.1, 0.15) is 12.4 Å². The lowest BCUT2D eigenvalue weighted by Gasteiger charge is -2.09. The smallest absolute Gasteiger partial charge is 0.240 e. The Morgan fingerprint density at radius 3 is 2.83 bits per heavy atom. The lowest BCUT2D eigenvalue weighted by atomic mass is 10.2. The van der Waals surface area contributed by atoms with Gasteiger partial charge in [-0.05, 0) is 6.92 Å². The summed E-state index contributed by atoms with van der Waals surface area (Å²) in [4.78, 5) is 16.4. The Bertz CT molecular complexity index is 777. The quantitative estimate of drug-likeness (QED) is 0.743. The summed E-state index contributed by atoms with van der Waals surface area (Å²) < 4.78 is 3.55. The van der Waals surface area contributed by atoms with E-state index in [4.69, 9.17) is 0 Å². The second-order valence-corrected chi connectivity index (χ2v) is 5.22. The van der Waals surface area contributed by atoms with Crippen molar-refractivity contribution in [3.8, 4) is 11.4 Å². The van der Waals surface area contributed by atoms with Crippen LogP contribution in [0.25, 0.3) is 11.4 Å². The number of carbonyl (C=O) groups is 1. The average molecular weight is 310 g/mol. The Kier molecular flexibility index (Phi) is 4.46. The minimum absolute atomic E-state index is 0.0583. The zero-order valence-corrected chi connectivity index (χ0v) is 12.9. The summed E-state index contributed by atoms with van der Waals surface area (Å²) in [6.45, 7) is 3.23. The summed E-state index contributed by atoms with van der Waals surface area (Å²) in [5, 5.41) is 10.7. The molecular formula is C16H18N6O. The first kappa shape index (κ1) is 15.0. The van der Waals surface area contributed by atoms with Crippen LogP contribution in [0.1, 0.15) is 5.69 Å². The Morgan fingerprint density at radius 2 is 2.09 bits per heavy atom. The summed E-state index contributed by atoms with van der Waals surface area (Å²) in [5.41, 5.74) is 1.85. The summed E-state index contributed by atoms with van der Waals surface area (Å²) in [7, 11) is 0. The highest BCUT2D eigenvalue weighted by molar-refractivity contribution is 5.76. The first-order chi connectivity index (χ1) is 11.2. The maximum absolute atomic E-state index is 12.1. The van der Waals surface area contributed by atoms with Crippen molar-refractivity contribution in [1.82, 2.24) is 29.9 Å². The van der Waals surface area contributed by atoms with Gasteiger partial charge in [-0.15, -0.1) is 5.10 Å². The molecule has 0 radical (unpaired) electrons. The fraction of sp³-hybridized carbons (Fsp3) is 0.250. The third-order valence-corrected chi connectivity index (χ3v) is 3.38. The Balaban J connectivity index is 1.55. The van der Waals surface area contributed by atoms with Crippen LogP contribution in [0.5, 0.6) is 0 Å². The number of nitrogens with zero attached hydrogens (tertiary/aromatic N) is 5. The van der Waals surface area contributed by atoms with Gasteiger partial charge in [-0.25, -0.2) is 4.98 Å². The molecular weight excluding hydrogens is 292 g/mol. The van der Waals surface area contributed by atoms with Gasteiger partial charge >= 0.3 is 0 Å². The Hall–Kier alpha value is -2.96. The molecule has 0 spiro atoms. The van der Waals surface area contributed by atoms with Crippen molar-refractivity contribution >= 4 is 5.91 Å². The Morgan fingerprint density at radius 1 is 1.26 bits per heavy atom. The normalized spacial score (nSPS) is 10.7. The SMILES string of the molecule is Cc1cn(CCNC(=O)Cn2ccnc2-c2ccccc2)nn1. The highest BCUT2D eigenvalue weighted by Crippen LogP contribution is 2.16. The molecule has 1 N–H and O–H groups in total. The zero-order chi connectivity index (χ0) is 16.1. The van der Waals surface area contributed by atoms with Crippen LogP contribution in [0, 0.1) is 6.92 Å². The van der Waals surface area contributed by atoms with Crippen LogP contribution in [0.3, 0.4) is 0 Å². The van der Waals surface area contributed by atoms with E-state index in [1.54, 1.807) is 10.9 Å². The number of nitrogens with one attached hydrogen (secondary N) is 1. The number of aryl methyl sites for hydroxylation is 1. The molecule has 1 aromatic carbocycles. The van der Waals surface area contributed by atoms with Crippen LogP contribution in [-0.4, -0.2) is 37.0 Å². The molecule has 0 saturated heterocycles. The van der Waals surface area contributed by atoms with Gasteiger partial charge in [0.25, 0.3) is 0 Å². The highest BCUT2D eigenvalue weighted by Gasteiger charge is 2.09. The minimum Gasteiger partial charge on any atom is -0.353 e. The van der Waals surface area contributed by atoms with Crippen molar-refractivity contribution in [3.63, 3.8) is 0 Å². The fourth-order valence-electron chi connectivity index (χ4n) is 2.31. The molecule has 0 saturated carbocycles. The maximum atomic E-state index is 12.1. The van der Waals surface area contributed by atoms with Crippen molar-refractivity contribution in [2.75, 3.05) is 6.54 Å². The van der Waals surface area contributed by atoms with Crippen LogP contribution in [-0.2, 0) is 17.9 Å². The molecule has 7 nitrogen and oxygen atoms in total. The first-order valence-electron chi connectivity index (χ1n) is 7.42. The van der Waals surface area contributed by atoms with Gasteiger partial charge in [0.05, 0.1) is 12.2 Å². The molecule has 0 aliphatic rings. The molecule has 0 aliphatic carbocycles. The van der Waals surface area contributed by atoms with E-state index in [1.165, 1.54) is 0 Å². The number of hydrogen-bond acceptors (Lipinski definition) is 4. The molecule has 7 heteroatoms. The first-order valence-corrected chi connectivity index (χ1v) is 7.42. The monoisotopic (exact) mass is 310 g/mol. The number of carbonyl (C=O) groups excluding carboxylic acids is 1. The van der Waals surface area contributed by atoms with E-state index < -0.39 is 0 Å². The number of hydrogen-bond donors (Lipinski definition) is 1. The van der Waals surface area contributed by atoms with E-state index >= 15 is 0 Å². The molecule has 23 heavy (non-hydrogen) atoms. The van der Waals surface area contributed by atoms with Gasteiger partial charge in [-0.2, -0.15) is 0 Å². The number of imidazole rings is 1. The average Bonchev–Trinajstić information content (AvgIpc) is 3.17. The van der Waals surface area contributed by atoms with Crippen molar-refractivity contribution in [2.24, 2.45) is 0 Å². The molecule has 0 unspecified atom stereocenters. The fourth-order valence-corrected chi connectivity index (χ4v) is 2.31. The molecule has 2 heterocycles. The largest absolute Gasteiger partial charge is 0.353 e. The number of aromatic nitrogens is 5. The molecule has 1 amide bonds. The van der Waals surface area contributed by atoms with E-state index in [-0.39, 0.29) is 12.5 Å². The molecule has 0 aliphatic heterocycles. The summed E-state index contributed by atoms with van der Waals surface area (Å²) >= 11 is 0. The maximum Gasteiger partial charge on any atom is 0.240 e. The topological polar surface area (TPSA) is 77.6 Å². The predicted octanol–water partition coefficient (Wildman–Crippen LogP) is 1.27. The zero-order valence-electron chi connectivity index (χ0n) is 12.9. The molecule has 0 bridgehead atoms. The van der Waals surface area contributed by atoms with Crippen molar-refractivity contribution in [2.45, 2.75) is 20.0 Å². The van der Waals surface area contributed by atoms with Crippen molar-refractivity contribution in [1.29, 1.82) is 0 Å². The van der Waals surface area contributed by atoms with Crippen LogP contribution >= 0.6 is 0 Å². The van der Waals surface area contributed by atoms with Gasteiger partial charge in [-0.1, -0.05) is 35.5 Å². The molecule has 0 fully saturated rings. The van der Waals surface area contributed by atoms with Crippen molar-refractivity contribution in [3.05, 3.63) is 54.6 Å². The number of amides is 1. The molecule has 118 valence electrons. The lowest BCUT2D eigenvalue weighted by Crippen LogP contribution is -2.30. The third-order valence-electron chi connectivity index (χ3n) is 3.38. The van der Waals surface area contributed by atoms with E-state index in [0.29, 0.717) is 13.1 Å². The van der Waals surface area contributed by atoms with Gasteiger partial charge in [0.15, 0.2) is 0 Å². The van der Waals surface area contributed by atoms with E-state index in [9.17, 15) is 4.79 Å². The molecule has 0 atom stereocenters. The van der Waals surface area contributed by atoms with Crippen LogP contribution in [0.15, 0.2) is 48.9 Å². The van der Waals surface area contributed by atoms with Gasteiger partial charge in [-0.3, -0.25) is 9.48 Å². The van der Waals surface area contributed by atoms with Gasteiger partial charge in [0, 0.05) is 30.7 Å². The molecule has 3 rings (SSSR count). The van der Waals surface area contributed by atoms with Gasteiger partial charge in [0.2, 0.25) is 5.91 Å². The van der Waals surface area contributed by atoms with Gasteiger partial charge < -0.3 is 9.88 Å². The second-order valence-electron chi connectivity index (χ2n) is 5.22. The lowest BCUT2D eigenvalue weighted by molar-refractivity contribution is -0.121.